The first-order chi connectivity index (χ1) is 29.0. The van der Waals surface area contributed by atoms with Crippen molar-refractivity contribution in [3.8, 4) is 0 Å². The summed E-state index contributed by atoms with van der Waals surface area (Å²) >= 11 is 1.85. The minimum absolute atomic E-state index is 0. The van der Waals surface area contributed by atoms with Crippen LogP contribution in [0.3, 0.4) is 0 Å². The van der Waals surface area contributed by atoms with E-state index in [-0.39, 0.29) is 25.8 Å². The summed E-state index contributed by atoms with van der Waals surface area (Å²) in [6.07, 6.45) is 5.88. The van der Waals surface area contributed by atoms with E-state index in [0.717, 1.165) is 49.5 Å². The van der Waals surface area contributed by atoms with Gasteiger partial charge in [-0.3, -0.25) is 4.98 Å². The molecule has 7 aromatic carbocycles. The first kappa shape index (κ1) is 36.8. The minimum atomic E-state index is -3.12. The van der Waals surface area contributed by atoms with Gasteiger partial charge in [0.1, 0.15) is 13.9 Å². The maximum absolute atomic E-state index is 5.15. The first-order valence-electron chi connectivity index (χ1n) is 20.1. The molecule has 0 aliphatic carbocycles. The number of nitrogens with zero attached hydrogens (tertiary/aromatic N) is 4. The minimum Gasteiger partial charge on any atom is -0.340 e. The van der Waals surface area contributed by atoms with E-state index in [9.17, 15) is 0 Å². The standard InChI is InChI=1S/C53H36N4SSi.Pd/c1-53(2)45-23-14-28-54-52(45)57(48-34-50-43(33-46(48)53)42-22-10-12-25-49(42)58-50)35-15-13-20-38(31-35)59(36-16-5-3-6-17-36,37-18-7-4-8-19-37)39-26-27-40-41-21-9-11-24-47(41)56-30-29-55-51(56)44(40)32-39;/h3-30,33-34H,1-2H3;/q-2;+2. The maximum Gasteiger partial charge on any atom is 2.00 e. The van der Waals surface area contributed by atoms with Crippen LogP contribution in [0.4, 0.5) is 17.2 Å². The number of aromatic nitrogens is 3. The molecule has 0 radical (unpaired) electrons. The number of thiophene rings is 1. The molecule has 1 aliphatic heterocycles. The second-order valence-electron chi connectivity index (χ2n) is 16.0. The van der Waals surface area contributed by atoms with Gasteiger partial charge in [0.2, 0.25) is 0 Å². The molecule has 1 aliphatic rings. The van der Waals surface area contributed by atoms with Crippen LogP contribution in [-0.4, -0.2) is 22.4 Å². The summed E-state index contributed by atoms with van der Waals surface area (Å²) in [7, 11) is -3.12. The third kappa shape index (κ3) is 5.23. The van der Waals surface area contributed by atoms with Crippen molar-refractivity contribution < 1.29 is 20.4 Å². The molecule has 0 unspecified atom stereocenters. The molecule has 0 atom stereocenters. The average Bonchev–Trinajstić information content (AvgIpc) is 3.93. The van der Waals surface area contributed by atoms with Crippen molar-refractivity contribution >= 4 is 105 Å². The second kappa shape index (κ2) is 13.9. The predicted molar refractivity (Wildman–Crippen MR) is 249 cm³/mol. The molecular weight excluding hydrogens is 859 g/mol. The van der Waals surface area contributed by atoms with Crippen LogP contribution in [0.5, 0.6) is 0 Å². The molecule has 288 valence electrons. The predicted octanol–water partition coefficient (Wildman–Crippen LogP) is 10.5. The molecule has 4 nitrogen and oxygen atoms in total. The van der Waals surface area contributed by atoms with E-state index in [1.54, 1.807) is 0 Å². The summed E-state index contributed by atoms with van der Waals surface area (Å²) in [6.45, 7) is 4.67. The zero-order valence-electron chi connectivity index (χ0n) is 32.8. The number of rotatable bonds is 5. The number of hydrogen-bond acceptors (Lipinski definition) is 4. The number of imidazole rings is 1. The van der Waals surface area contributed by atoms with Crippen LogP contribution in [0.25, 0.3) is 47.5 Å². The molecule has 60 heavy (non-hydrogen) atoms. The zero-order valence-corrected chi connectivity index (χ0v) is 36.2. The smallest absolute Gasteiger partial charge is 0.340 e. The molecule has 0 amide bonds. The van der Waals surface area contributed by atoms with Gasteiger partial charge in [-0.1, -0.05) is 128 Å². The molecule has 0 spiro atoms. The Bertz CT molecular complexity index is 3410. The van der Waals surface area contributed by atoms with Gasteiger partial charge in [0, 0.05) is 55.3 Å². The molecule has 0 fully saturated rings. The first-order valence-corrected chi connectivity index (χ1v) is 22.9. The van der Waals surface area contributed by atoms with Crippen molar-refractivity contribution in [1.29, 1.82) is 0 Å². The molecule has 11 aromatic rings. The number of anilines is 3. The number of pyridine rings is 2. The Morgan fingerprint density at radius 2 is 1.28 bits per heavy atom. The zero-order chi connectivity index (χ0) is 39.3. The van der Waals surface area contributed by atoms with Crippen LogP contribution >= 0.6 is 11.3 Å². The quantitative estimate of drug-likeness (QED) is 0.0747. The fourth-order valence-corrected chi connectivity index (χ4v) is 15.5. The fraction of sp³-hybridized carbons (Fsp3) is 0.0566. The summed E-state index contributed by atoms with van der Waals surface area (Å²) in [5.41, 5.74) is 6.34. The molecule has 12 rings (SSSR count). The molecule has 4 aromatic heterocycles. The summed E-state index contributed by atoms with van der Waals surface area (Å²) in [6, 6.07) is 68.2. The number of fused-ring (bicyclic) bond motifs is 11. The van der Waals surface area contributed by atoms with Crippen molar-refractivity contribution in [3.63, 3.8) is 0 Å². The normalized spacial score (nSPS) is 13.5. The molecule has 0 bridgehead atoms. The Morgan fingerprint density at radius 1 is 0.567 bits per heavy atom. The van der Waals surface area contributed by atoms with Crippen molar-refractivity contribution in [2.75, 3.05) is 4.90 Å². The van der Waals surface area contributed by atoms with Gasteiger partial charge in [-0.2, -0.15) is 23.4 Å². The average molecular weight is 895 g/mol. The van der Waals surface area contributed by atoms with Crippen molar-refractivity contribution in [3.05, 3.63) is 206 Å². The summed E-state index contributed by atoms with van der Waals surface area (Å²) in [4.78, 5) is 12.4. The molecular formula is C53H36N4PdSSi. The molecule has 7 heteroatoms. The van der Waals surface area contributed by atoms with E-state index < -0.39 is 8.07 Å². The molecule has 5 heterocycles. The molecule has 0 saturated carbocycles. The topological polar surface area (TPSA) is 33.4 Å². The summed E-state index contributed by atoms with van der Waals surface area (Å²) in [5, 5.41) is 10.8. The van der Waals surface area contributed by atoms with E-state index >= 15 is 0 Å². The van der Waals surface area contributed by atoms with Crippen LogP contribution < -0.4 is 25.6 Å². The van der Waals surface area contributed by atoms with Gasteiger partial charge in [0.25, 0.3) is 0 Å². The second-order valence-corrected chi connectivity index (χ2v) is 20.8. The Kier molecular flexibility index (Phi) is 8.56. The van der Waals surface area contributed by atoms with Crippen LogP contribution in [0.1, 0.15) is 25.0 Å². The maximum atomic E-state index is 5.15. The molecule has 0 saturated heterocycles. The van der Waals surface area contributed by atoms with E-state index in [1.807, 2.05) is 23.7 Å². The SMILES string of the molecule is CC1(C)c2cc3c(cc2N(c2[c-]c([Si](c4[c-]c5c(cc4)c4ccccc4n4ccnc54)(c4ccccc4)c4ccccc4)ccc2)c2ncccc21)sc1ccccc13.[Pd+2]. The van der Waals surface area contributed by atoms with Crippen LogP contribution in [0.2, 0.25) is 0 Å². The van der Waals surface area contributed by atoms with Gasteiger partial charge in [-0.25, -0.2) is 4.98 Å². The Hall–Kier alpha value is -6.20. The van der Waals surface area contributed by atoms with Crippen LogP contribution in [0.15, 0.2) is 182 Å². The van der Waals surface area contributed by atoms with Crippen LogP contribution in [0, 0.1) is 12.1 Å². The van der Waals surface area contributed by atoms with E-state index in [4.69, 9.17) is 9.97 Å². The summed E-state index contributed by atoms with van der Waals surface area (Å²) < 4.78 is 4.76. The van der Waals surface area contributed by atoms with Gasteiger partial charge in [0.15, 0.2) is 0 Å². The number of hydrogen-bond donors (Lipinski definition) is 0. The van der Waals surface area contributed by atoms with Gasteiger partial charge in [-0.05, 0) is 51.7 Å². The summed E-state index contributed by atoms with van der Waals surface area (Å²) in [5.74, 6) is 0.941. The van der Waals surface area contributed by atoms with Gasteiger partial charge in [-0.15, -0.1) is 46.2 Å². The third-order valence-electron chi connectivity index (χ3n) is 12.6. The van der Waals surface area contributed by atoms with Crippen LogP contribution in [-0.2, 0) is 25.8 Å². The number of para-hydroxylation sites is 1. The van der Waals surface area contributed by atoms with E-state index in [1.165, 1.54) is 47.1 Å². The van der Waals surface area contributed by atoms with Crippen molar-refractivity contribution in [1.82, 2.24) is 14.4 Å². The van der Waals surface area contributed by atoms with Gasteiger partial charge in [0.05, 0.1) is 11.3 Å². The van der Waals surface area contributed by atoms with Gasteiger partial charge >= 0.3 is 20.4 Å². The Morgan fingerprint density at radius 3 is 2.08 bits per heavy atom. The Balaban J connectivity index is 0.00000408. The number of benzene rings is 7. The van der Waals surface area contributed by atoms with Gasteiger partial charge < -0.3 is 9.30 Å². The Labute approximate surface area is 367 Å². The monoisotopic (exact) mass is 894 g/mol. The van der Waals surface area contributed by atoms with Crippen molar-refractivity contribution in [2.45, 2.75) is 19.3 Å². The largest absolute Gasteiger partial charge is 2.00 e. The van der Waals surface area contributed by atoms with E-state index in [0.29, 0.717) is 0 Å². The van der Waals surface area contributed by atoms with Crippen molar-refractivity contribution in [2.24, 2.45) is 0 Å². The third-order valence-corrected chi connectivity index (χ3v) is 18.3. The fourth-order valence-electron chi connectivity index (χ4n) is 9.84. The van der Waals surface area contributed by atoms with E-state index in [2.05, 4.69) is 205 Å². The molecule has 0 N–H and O–H groups in total.